The molecular weight excluding hydrogens is 400 g/mol. The van der Waals surface area contributed by atoms with Gasteiger partial charge in [0, 0.05) is 42.2 Å². The van der Waals surface area contributed by atoms with Gasteiger partial charge in [-0.1, -0.05) is 6.07 Å². The van der Waals surface area contributed by atoms with E-state index in [4.69, 9.17) is 0 Å². The number of rotatable bonds is 6. The first-order valence-corrected chi connectivity index (χ1v) is 10.7. The number of likely N-dealkylation sites (tertiary alicyclic amines) is 1. The molecule has 2 aromatic heterocycles. The third-order valence-corrected chi connectivity index (χ3v) is 6.01. The lowest BCUT2D eigenvalue weighted by Crippen LogP contribution is -2.42. The predicted molar refractivity (Wildman–Crippen MR) is 114 cm³/mol. The van der Waals surface area contributed by atoms with E-state index in [2.05, 4.69) is 25.2 Å². The van der Waals surface area contributed by atoms with Crippen LogP contribution in [0, 0.1) is 17.6 Å². The smallest absolute Gasteiger partial charge is 0.223 e. The number of fused-ring (bicyclic) bond motifs is 1. The van der Waals surface area contributed by atoms with E-state index in [0.717, 1.165) is 45.0 Å². The van der Waals surface area contributed by atoms with Crippen molar-refractivity contribution >= 4 is 22.6 Å². The zero-order chi connectivity index (χ0) is 21.4. The van der Waals surface area contributed by atoms with Gasteiger partial charge in [0.15, 0.2) is 5.82 Å². The van der Waals surface area contributed by atoms with Gasteiger partial charge in [-0.2, -0.15) is 0 Å². The summed E-state index contributed by atoms with van der Waals surface area (Å²) in [5, 5.41) is 3.85. The number of aromatic nitrogens is 3. The number of nitrogens with one attached hydrogen (secondary N) is 1. The van der Waals surface area contributed by atoms with Crippen molar-refractivity contribution in [2.75, 3.05) is 25.0 Å². The Labute approximate surface area is 178 Å². The predicted octanol–water partition coefficient (Wildman–Crippen LogP) is 3.83. The molecule has 3 aromatic rings. The van der Waals surface area contributed by atoms with Crippen molar-refractivity contribution in [3.8, 4) is 11.3 Å². The van der Waals surface area contributed by atoms with Gasteiger partial charge >= 0.3 is 0 Å². The highest BCUT2D eigenvalue weighted by Crippen LogP contribution is 2.30. The molecular formula is C23H23F2N5O. The van der Waals surface area contributed by atoms with Crippen LogP contribution in [0.4, 0.5) is 14.7 Å². The quantitative estimate of drug-likeness (QED) is 0.650. The summed E-state index contributed by atoms with van der Waals surface area (Å²) < 4.78 is 28.9. The summed E-state index contributed by atoms with van der Waals surface area (Å²) in [5.74, 6) is -0.167. The zero-order valence-corrected chi connectivity index (χ0v) is 17.0. The molecule has 1 aromatic carbocycles. The molecule has 1 aliphatic heterocycles. The van der Waals surface area contributed by atoms with Crippen LogP contribution in [-0.2, 0) is 4.79 Å². The van der Waals surface area contributed by atoms with Crippen molar-refractivity contribution in [3.63, 3.8) is 0 Å². The summed E-state index contributed by atoms with van der Waals surface area (Å²) in [4.78, 5) is 26.6. The Balaban J connectivity index is 1.29. The lowest BCUT2D eigenvalue weighted by Gasteiger charge is -2.31. The van der Waals surface area contributed by atoms with E-state index in [0.29, 0.717) is 29.2 Å². The average Bonchev–Trinajstić information content (AvgIpc) is 3.62. The summed E-state index contributed by atoms with van der Waals surface area (Å²) in [6.07, 6.45) is 6.41. The Hall–Kier alpha value is -3.00. The minimum Gasteiger partial charge on any atom is -0.351 e. The fourth-order valence-electron chi connectivity index (χ4n) is 4.10. The van der Waals surface area contributed by atoms with Gasteiger partial charge in [-0.25, -0.2) is 18.7 Å². The Kier molecular flexibility index (Phi) is 5.31. The molecule has 0 spiro atoms. The van der Waals surface area contributed by atoms with Crippen molar-refractivity contribution in [2.24, 2.45) is 5.92 Å². The summed E-state index contributed by atoms with van der Waals surface area (Å²) in [7, 11) is 0. The molecule has 0 bridgehead atoms. The average molecular weight is 423 g/mol. The maximum Gasteiger partial charge on any atom is 0.223 e. The first kappa shape index (κ1) is 19.9. The highest BCUT2D eigenvalue weighted by Gasteiger charge is 2.31. The number of anilines is 1. The summed E-state index contributed by atoms with van der Waals surface area (Å²) in [5.41, 5.74) is 0.634. The molecule has 1 N–H and O–H groups in total. The summed E-state index contributed by atoms with van der Waals surface area (Å²) in [6.45, 7) is 2.19. The third-order valence-electron chi connectivity index (χ3n) is 6.01. The van der Waals surface area contributed by atoms with Crippen LogP contribution in [0.5, 0.6) is 0 Å². The molecule has 2 aliphatic rings. The number of carbonyl (C=O) groups excluding carboxylic acids is 1. The summed E-state index contributed by atoms with van der Waals surface area (Å²) >= 11 is 0. The number of Topliss-reactive ketones (excluding diaryl/α,β-unsaturated/α-hetero) is 1. The van der Waals surface area contributed by atoms with Gasteiger partial charge in [-0.3, -0.25) is 14.7 Å². The Morgan fingerprint density at radius 3 is 2.68 bits per heavy atom. The molecule has 8 heteroatoms. The standard InChI is InChI=1S/C23H23F2N5O/c24-18-11-16(10-15-2-1-7-26-21(15)18)22-19(25)12-27-23(29-22)28-17-5-8-30(9-6-17)13-20(31)14-3-4-14/h1-2,7,10-12,14,17H,3-6,8-9,13H2,(H,27,28,29). The molecule has 1 saturated heterocycles. The SMILES string of the molecule is O=C(CN1CCC(Nc2ncc(F)c(-c3cc(F)c4ncccc4c3)n2)CC1)C1CC1. The van der Waals surface area contributed by atoms with E-state index in [9.17, 15) is 13.6 Å². The van der Waals surface area contributed by atoms with Gasteiger partial charge in [0.05, 0.1) is 12.7 Å². The number of hydrogen-bond acceptors (Lipinski definition) is 6. The van der Waals surface area contributed by atoms with Crippen LogP contribution >= 0.6 is 0 Å². The second-order valence-corrected chi connectivity index (χ2v) is 8.36. The molecule has 1 saturated carbocycles. The van der Waals surface area contributed by atoms with E-state index < -0.39 is 11.6 Å². The van der Waals surface area contributed by atoms with E-state index in [1.54, 1.807) is 18.2 Å². The molecule has 0 atom stereocenters. The zero-order valence-electron chi connectivity index (χ0n) is 17.0. The van der Waals surface area contributed by atoms with Gasteiger partial charge in [0.2, 0.25) is 5.95 Å². The Morgan fingerprint density at radius 2 is 1.90 bits per heavy atom. The van der Waals surface area contributed by atoms with E-state index >= 15 is 0 Å². The number of carbonyl (C=O) groups is 1. The number of nitrogens with zero attached hydrogens (tertiary/aromatic N) is 4. The van der Waals surface area contributed by atoms with E-state index in [1.807, 2.05) is 0 Å². The second-order valence-electron chi connectivity index (χ2n) is 8.36. The summed E-state index contributed by atoms with van der Waals surface area (Å²) in [6, 6.07) is 6.51. The normalized spacial score (nSPS) is 17.7. The number of ketones is 1. The van der Waals surface area contributed by atoms with E-state index in [1.165, 1.54) is 12.3 Å². The monoisotopic (exact) mass is 423 g/mol. The van der Waals surface area contributed by atoms with Gasteiger partial charge in [0.1, 0.15) is 22.8 Å². The number of piperidine rings is 1. The molecule has 2 fully saturated rings. The number of benzene rings is 1. The van der Waals surface area contributed by atoms with Gasteiger partial charge in [0.25, 0.3) is 0 Å². The Bertz CT molecular complexity index is 1130. The van der Waals surface area contributed by atoms with Crippen LogP contribution in [0.2, 0.25) is 0 Å². The van der Waals surface area contributed by atoms with Gasteiger partial charge in [-0.15, -0.1) is 0 Å². The van der Waals surface area contributed by atoms with Crippen molar-refractivity contribution in [2.45, 2.75) is 31.7 Å². The molecule has 3 heterocycles. The minimum absolute atomic E-state index is 0.0506. The molecule has 0 unspecified atom stereocenters. The highest BCUT2D eigenvalue weighted by molar-refractivity contribution is 5.85. The molecule has 31 heavy (non-hydrogen) atoms. The molecule has 160 valence electrons. The van der Waals surface area contributed by atoms with Crippen LogP contribution in [0.1, 0.15) is 25.7 Å². The maximum absolute atomic E-state index is 14.5. The van der Waals surface area contributed by atoms with Gasteiger partial charge in [-0.05, 0) is 43.9 Å². The van der Waals surface area contributed by atoms with Crippen LogP contribution in [-0.4, -0.2) is 51.3 Å². The molecule has 1 aliphatic carbocycles. The highest BCUT2D eigenvalue weighted by atomic mass is 19.1. The molecule has 0 radical (unpaired) electrons. The third kappa shape index (κ3) is 4.39. The van der Waals surface area contributed by atoms with Gasteiger partial charge < -0.3 is 5.32 Å². The second kappa shape index (κ2) is 8.26. The van der Waals surface area contributed by atoms with Crippen LogP contribution in [0.3, 0.4) is 0 Å². The minimum atomic E-state index is -0.610. The number of hydrogen-bond donors (Lipinski definition) is 1. The van der Waals surface area contributed by atoms with Crippen molar-refractivity contribution in [3.05, 3.63) is 48.3 Å². The van der Waals surface area contributed by atoms with Crippen LogP contribution < -0.4 is 5.32 Å². The van der Waals surface area contributed by atoms with Crippen molar-refractivity contribution < 1.29 is 13.6 Å². The van der Waals surface area contributed by atoms with Crippen LogP contribution in [0.25, 0.3) is 22.2 Å². The molecule has 0 amide bonds. The number of pyridine rings is 1. The number of halogens is 2. The topological polar surface area (TPSA) is 71.0 Å². The van der Waals surface area contributed by atoms with Crippen molar-refractivity contribution in [1.82, 2.24) is 19.9 Å². The molecule has 6 nitrogen and oxygen atoms in total. The largest absolute Gasteiger partial charge is 0.351 e. The Morgan fingerprint density at radius 1 is 1.10 bits per heavy atom. The first-order chi connectivity index (χ1) is 15.1. The van der Waals surface area contributed by atoms with E-state index in [-0.39, 0.29) is 23.2 Å². The fraction of sp³-hybridized carbons (Fsp3) is 0.391. The maximum atomic E-state index is 14.5. The lowest BCUT2D eigenvalue weighted by molar-refractivity contribution is -0.121. The first-order valence-electron chi connectivity index (χ1n) is 10.7. The van der Waals surface area contributed by atoms with Crippen LogP contribution in [0.15, 0.2) is 36.7 Å². The molecule has 5 rings (SSSR count). The lowest BCUT2D eigenvalue weighted by atomic mass is 10.0. The fourth-order valence-corrected chi connectivity index (χ4v) is 4.10. The van der Waals surface area contributed by atoms with Crippen molar-refractivity contribution in [1.29, 1.82) is 0 Å².